The lowest BCUT2D eigenvalue weighted by molar-refractivity contribution is 0.106. The van der Waals surface area contributed by atoms with Gasteiger partial charge in [-0.1, -0.05) is 6.92 Å². The summed E-state index contributed by atoms with van der Waals surface area (Å²) in [4.78, 5) is 9.12. The van der Waals surface area contributed by atoms with Crippen LogP contribution in [0, 0.1) is 0 Å². The first-order valence-electron chi connectivity index (χ1n) is 7.61. The fraction of sp³-hybridized carbons (Fsp3) is 0.600. The predicted molar refractivity (Wildman–Crippen MR) is 83.5 cm³/mol. The summed E-state index contributed by atoms with van der Waals surface area (Å²) < 4.78 is 1.81. The van der Waals surface area contributed by atoms with Crippen LogP contribution in [0.5, 0.6) is 0 Å². The quantitative estimate of drug-likeness (QED) is 0.905. The van der Waals surface area contributed by atoms with E-state index >= 15 is 0 Å². The monoisotopic (exact) mass is 289 g/mol. The van der Waals surface area contributed by atoms with E-state index < -0.39 is 0 Å². The Bertz CT molecular complexity index is 603. The summed E-state index contributed by atoms with van der Waals surface area (Å²) in [6.45, 7) is 6.73. The van der Waals surface area contributed by atoms with Crippen LogP contribution in [0.3, 0.4) is 0 Å². The summed E-state index contributed by atoms with van der Waals surface area (Å²) in [6, 6.07) is 2.07. The average Bonchev–Trinajstić information content (AvgIpc) is 2.90. The Balaban J connectivity index is 1.71. The molecule has 6 nitrogen and oxygen atoms in total. The SMILES string of the molecule is CC[C@H](O)CN1CCN(c2ccnc3c2cnn3C)CC1. The Hall–Kier alpha value is -1.66. The van der Waals surface area contributed by atoms with E-state index in [9.17, 15) is 5.11 Å². The normalized spacial score (nSPS) is 18.3. The maximum Gasteiger partial charge on any atom is 0.159 e. The number of piperazine rings is 1. The Morgan fingerprint density at radius 3 is 2.76 bits per heavy atom. The minimum atomic E-state index is -0.206. The van der Waals surface area contributed by atoms with Crippen molar-refractivity contribution in [2.24, 2.45) is 7.05 Å². The highest BCUT2D eigenvalue weighted by Crippen LogP contribution is 2.25. The summed E-state index contributed by atoms with van der Waals surface area (Å²) in [7, 11) is 1.92. The molecule has 0 spiro atoms. The van der Waals surface area contributed by atoms with Gasteiger partial charge in [0.2, 0.25) is 0 Å². The molecule has 0 aromatic carbocycles. The van der Waals surface area contributed by atoms with Gasteiger partial charge in [-0.25, -0.2) is 4.98 Å². The molecule has 21 heavy (non-hydrogen) atoms. The van der Waals surface area contributed by atoms with Gasteiger partial charge in [-0.3, -0.25) is 9.58 Å². The van der Waals surface area contributed by atoms with Crippen molar-refractivity contribution >= 4 is 16.7 Å². The lowest BCUT2D eigenvalue weighted by Gasteiger charge is -2.37. The van der Waals surface area contributed by atoms with Gasteiger partial charge in [0, 0.05) is 46.0 Å². The number of hydrogen-bond acceptors (Lipinski definition) is 5. The van der Waals surface area contributed by atoms with Gasteiger partial charge in [-0.2, -0.15) is 5.10 Å². The fourth-order valence-electron chi connectivity index (χ4n) is 2.91. The van der Waals surface area contributed by atoms with Crippen molar-refractivity contribution < 1.29 is 5.11 Å². The van der Waals surface area contributed by atoms with Crippen molar-refractivity contribution in [1.82, 2.24) is 19.7 Å². The second kappa shape index (κ2) is 5.99. The molecule has 0 radical (unpaired) electrons. The Morgan fingerprint density at radius 1 is 1.29 bits per heavy atom. The molecule has 1 N–H and O–H groups in total. The zero-order chi connectivity index (χ0) is 14.8. The number of nitrogens with zero attached hydrogens (tertiary/aromatic N) is 5. The number of aliphatic hydroxyl groups is 1. The van der Waals surface area contributed by atoms with Crippen LogP contribution in [-0.4, -0.2) is 63.6 Å². The van der Waals surface area contributed by atoms with Crippen molar-refractivity contribution in [1.29, 1.82) is 0 Å². The average molecular weight is 289 g/mol. The van der Waals surface area contributed by atoms with E-state index in [4.69, 9.17) is 0 Å². The highest BCUT2D eigenvalue weighted by molar-refractivity contribution is 5.89. The molecule has 1 saturated heterocycles. The zero-order valence-corrected chi connectivity index (χ0v) is 12.7. The van der Waals surface area contributed by atoms with Crippen LogP contribution in [0.25, 0.3) is 11.0 Å². The van der Waals surface area contributed by atoms with Gasteiger partial charge in [-0.05, 0) is 12.5 Å². The van der Waals surface area contributed by atoms with Gasteiger partial charge in [0.15, 0.2) is 5.65 Å². The summed E-state index contributed by atoms with van der Waals surface area (Å²) in [5.74, 6) is 0. The molecule has 0 saturated carbocycles. The summed E-state index contributed by atoms with van der Waals surface area (Å²) in [6.07, 6.45) is 4.36. The molecule has 2 aromatic heterocycles. The van der Waals surface area contributed by atoms with E-state index in [2.05, 4.69) is 25.9 Å². The molecule has 1 fully saturated rings. The van der Waals surface area contributed by atoms with Crippen molar-refractivity contribution in [2.45, 2.75) is 19.4 Å². The van der Waals surface area contributed by atoms with E-state index in [1.165, 1.54) is 5.69 Å². The number of aryl methyl sites for hydroxylation is 1. The summed E-state index contributed by atoms with van der Waals surface area (Å²) >= 11 is 0. The maximum atomic E-state index is 9.76. The highest BCUT2D eigenvalue weighted by atomic mass is 16.3. The number of rotatable bonds is 4. The van der Waals surface area contributed by atoms with Crippen molar-refractivity contribution in [3.8, 4) is 0 Å². The molecular weight excluding hydrogens is 266 g/mol. The second-order valence-electron chi connectivity index (χ2n) is 5.69. The van der Waals surface area contributed by atoms with Gasteiger partial charge < -0.3 is 10.0 Å². The van der Waals surface area contributed by atoms with Crippen LogP contribution in [0.1, 0.15) is 13.3 Å². The Morgan fingerprint density at radius 2 is 2.05 bits per heavy atom. The van der Waals surface area contributed by atoms with Crippen LogP contribution in [0.4, 0.5) is 5.69 Å². The number of anilines is 1. The maximum absolute atomic E-state index is 9.76. The standard InChI is InChI=1S/C15H23N5O/c1-3-12(21)11-19-6-8-20(9-7-19)14-4-5-16-15-13(14)10-17-18(15)2/h4-5,10,12,21H,3,6-9,11H2,1-2H3/t12-/m0/s1. The van der Waals surface area contributed by atoms with E-state index in [0.717, 1.165) is 50.2 Å². The zero-order valence-electron chi connectivity index (χ0n) is 12.7. The lowest BCUT2D eigenvalue weighted by Crippen LogP contribution is -2.48. The third kappa shape index (κ3) is 2.87. The fourth-order valence-corrected chi connectivity index (χ4v) is 2.91. The van der Waals surface area contributed by atoms with Gasteiger partial charge in [0.05, 0.1) is 23.4 Å². The van der Waals surface area contributed by atoms with Crippen molar-refractivity contribution in [3.05, 3.63) is 18.5 Å². The first kappa shape index (κ1) is 14.3. The van der Waals surface area contributed by atoms with E-state index in [1.54, 1.807) is 0 Å². The number of pyridine rings is 1. The number of fused-ring (bicyclic) bond motifs is 1. The third-order valence-electron chi connectivity index (χ3n) is 4.27. The molecule has 0 unspecified atom stereocenters. The molecule has 114 valence electrons. The summed E-state index contributed by atoms with van der Waals surface area (Å²) in [5.41, 5.74) is 2.14. The van der Waals surface area contributed by atoms with E-state index in [-0.39, 0.29) is 6.10 Å². The number of aromatic nitrogens is 3. The molecule has 1 aliphatic heterocycles. The van der Waals surface area contributed by atoms with Crippen LogP contribution < -0.4 is 4.90 Å². The van der Waals surface area contributed by atoms with Gasteiger partial charge >= 0.3 is 0 Å². The molecule has 0 aliphatic carbocycles. The number of hydrogen-bond donors (Lipinski definition) is 1. The van der Waals surface area contributed by atoms with Crippen molar-refractivity contribution in [3.63, 3.8) is 0 Å². The predicted octanol–water partition coefficient (Wildman–Crippen LogP) is 0.861. The molecule has 3 heterocycles. The van der Waals surface area contributed by atoms with Gasteiger partial charge in [0.1, 0.15) is 0 Å². The summed E-state index contributed by atoms with van der Waals surface area (Å²) in [5, 5.41) is 15.2. The minimum absolute atomic E-state index is 0.206. The first-order valence-corrected chi connectivity index (χ1v) is 7.61. The molecule has 3 rings (SSSR count). The molecule has 1 atom stereocenters. The molecule has 6 heteroatoms. The van der Waals surface area contributed by atoms with Crippen molar-refractivity contribution in [2.75, 3.05) is 37.6 Å². The van der Waals surface area contributed by atoms with Gasteiger partial charge in [-0.15, -0.1) is 0 Å². The Kier molecular flexibility index (Phi) is 4.07. The van der Waals surface area contributed by atoms with Crippen LogP contribution in [-0.2, 0) is 7.05 Å². The molecule has 0 bridgehead atoms. The van der Waals surface area contributed by atoms with Crippen LogP contribution in [0.2, 0.25) is 0 Å². The molecule has 1 aliphatic rings. The minimum Gasteiger partial charge on any atom is -0.392 e. The highest BCUT2D eigenvalue weighted by Gasteiger charge is 2.20. The molecule has 2 aromatic rings. The van der Waals surface area contributed by atoms with Crippen LogP contribution in [0.15, 0.2) is 18.5 Å². The third-order valence-corrected chi connectivity index (χ3v) is 4.27. The number of β-amino-alcohol motifs (C(OH)–C–C–N with tert-alkyl or cyclic N) is 1. The number of aliphatic hydroxyl groups excluding tert-OH is 1. The van der Waals surface area contributed by atoms with Gasteiger partial charge in [0.25, 0.3) is 0 Å². The first-order chi connectivity index (χ1) is 10.2. The largest absolute Gasteiger partial charge is 0.392 e. The Labute approximate surface area is 125 Å². The molecule has 0 amide bonds. The lowest BCUT2D eigenvalue weighted by atomic mass is 10.2. The van der Waals surface area contributed by atoms with E-state index in [1.807, 2.05) is 31.0 Å². The molecular formula is C15H23N5O. The van der Waals surface area contributed by atoms with E-state index in [0.29, 0.717) is 0 Å². The second-order valence-corrected chi connectivity index (χ2v) is 5.69. The smallest absolute Gasteiger partial charge is 0.159 e. The topological polar surface area (TPSA) is 57.4 Å². The van der Waals surface area contributed by atoms with Crippen LogP contribution >= 0.6 is 0 Å².